The van der Waals surface area contributed by atoms with E-state index in [1.54, 1.807) is 13.8 Å². The van der Waals surface area contributed by atoms with Gasteiger partial charge in [0.05, 0.1) is 0 Å². The lowest BCUT2D eigenvalue weighted by Gasteiger charge is -2.44. The Kier molecular flexibility index (Phi) is 3.88. The van der Waals surface area contributed by atoms with E-state index >= 15 is 0 Å². The molecule has 2 rings (SSSR count). The summed E-state index contributed by atoms with van der Waals surface area (Å²) in [7, 11) is 0. The fourth-order valence-electron chi connectivity index (χ4n) is 3.06. The Labute approximate surface area is 115 Å². The van der Waals surface area contributed by atoms with Crippen LogP contribution in [0.1, 0.15) is 53.4 Å². The zero-order valence-electron chi connectivity index (χ0n) is 12.5. The minimum absolute atomic E-state index is 0.0378. The average Bonchev–Trinajstić information content (AvgIpc) is 3.09. The van der Waals surface area contributed by atoms with Crippen LogP contribution in [-0.2, 0) is 9.59 Å². The van der Waals surface area contributed by atoms with Gasteiger partial charge in [0, 0.05) is 6.54 Å². The smallest absolute Gasteiger partial charge is 0.248 e. The minimum atomic E-state index is -0.756. The molecule has 1 saturated carbocycles. The van der Waals surface area contributed by atoms with Crippen LogP contribution in [0.2, 0.25) is 0 Å². The number of hydrogen-bond donors (Lipinski definition) is 1. The highest BCUT2D eigenvalue weighted by Gasteiger charge is 2.50. The summed E-state index contributed by atoms with van der Waals surface area (Å²) >= 11 is 0. The van der Waals surface area contributed by atoms with Crippen LogP contribution in [-0.4, -0.2) is 34.8 Å². The number of carbonyl (C=O) groups is 2. The topological polar surface area (TPSA) is 49.4 Å². The van der Waals surface area contributed by atoms with E-state index in [2.05, 4.69) is 19.2 Å². The van der Waals surface area contributed by atoms with Gasteiger partial charge in [-0.05, 0) is 44.9 Å². The number of amides is 2. The molecule has 0 bridgehead atoms. The molecule has 0 aromatic carbocycles. The van der Waals surface area contributed by atoms with Gasteiger partial charge in [-0.1, -0.05) is 20.3 Å². The molecule has 1 N–H and O–H groups in total. The maximum absolute atomic E-state index is 12.6. The Morgan fingerprint density at radius 3 is 2.53 bits per heavy atom. The summed E-state index contributed by atoms with van der Waals surface area (Å²) in [6, 6.07) is -0.222. The van der Waals surface area contributed by atoms with Crippen LogP contribution < -0.4 is 5.32 Å². The van der Waals surface area contributed by atoms with Crippen molar-refractivity contribution in [2.75, 3.05) is 6.54 Å². The number of nitrogens with one attached hydrogen (secondary N) is 1. The van der Waals surface area contributed by atoms with Crippen LogP contribution in [0.3, 0.4) is 0 Å². The van der Waals surface area contributed by atoms with Gasteiger partial charge in [-0.25, -0.2) is 0 Å². The van der Waals surface area contributed by atoms with Crippen molar-refractivity contribution in [3.05, 3.63) is 0 Å². The van der Waals surface area contributed by atoms with Gasteiger partial charge < -0.3 is 10.2 Å². The molecule has 2 aliphatic rings. The number of hydrogen-bond acceptors (Lipinski definition) is 2. The molecule has 1 aliphatic heterocycles. The Balaban J connectivity index is 2.16. The highest BCUT2D eigenvalue weighted by Crippen LogP contribution is 2.38. The maximum atomic E-state index is 12.6. The van der Waals surface area contributed by atoms with Gasteiger partial charge in [-0.2, -0.15) is 0 Å². The minimum Gasteiger partial charge on any atom is -0.340 e. The molecule has 108 valence electrons. The van der Waals surface area contributed by atoms with Crippen molar-refractivity contribution in [2.45, 2.75) is 65.0 Å². The lowest BCUT2D eigenvalue weighted by Crippen LogP contribution is -2.69. The zero-order chi connectivity index (χ0) is 14.2. The molecule has 0 aromatic rings. The molecule has 19 heavy (non-hydrogen) atoms. The highest BCUT2D eigenvalue weighted by atomic mass is 16.2. The highest BCUT2D eigenvalue weighted by molar-refractivity contribution is 5.99. The van der Waals surface area contributed by atoms with Crippen molar-refractivity contribution in [3.8, 4) is 0 Å². The first-order chi connectivity index (χ1) is 8.86. The van der Waals surface area contributed by atoms with Gasteiger partial charge in [-0.3, -0.25) is 9.59 Å². The normalized spacial score (nSPS) is 28.2. The quantitative estimate of drug-likeness (QED) is 0.826. The first-order valence-electron chi connectivity index (χ1n) is 7.50. The van der Waals surface area contributed by atoms with Crippen molar-refractivity contribution in [2.24, 2.45) is 11.8 Å². The predicted molar refractivity (Wildman–Crippen MR) is 74.5 cm³/mol. The van der Waals surface area contributed by atoms with E-state index in [0.29, 0.717) is 18.4 Å². The third-order valence-corrected chi connectivity index (χ3v) is 4.19. The van der Waals surface area contributed by atoms with E-state index < -0.39 is 5.54 Å². The lowest BCUT2D eigenvalue weighted by molar-refractivity contribution is -0.155. The molecule has 1 heterocycles. The van der Waals surface area contributed by atoms with Gasteiger partial charge in [0.2, 0.25) is 11.8 Å². The Morgan fingerprint density at radius 1 is 1.37 bits per heavy atom. The summed E-state index contributed by atoms with van der Waals surface area (Å²) in [5.74, 6) is 0.952. The largest absolute Gasteiger partial charge is 0.340 e. The van der Waals surface area contributed by atoms with Crippen molar-refractivity contribution in [3.63, 3.8) is 0 Å². The summed E-state index contributed by atoms with van der Waals surface area (Å²) in [6.45, 7) is 8.64. The second kappa shape index (κ2) is 5.14. The zero-order valence-corrected chi connectivity index (χ0v) is 12.5. The SMILES string of the molecule is CCCC(C)CN1C(=O)C(C)(C)NC(=O)C1C1CC1. The molecule has 0 aromatic heterocycles. The Hall–Kier alpha value is -1.06. The lowest BCUT2D eigenvalue weighted by atomic mass is 9.93. The van der Waals surface area contributed by atoms with E-state index in [1.807, 2.05) is 4.90 Å². The molecule has 2 fully saturated rings. The molecular weight excluding hydrogens is 240 g/mol. The standard InChI is InChI=1S/C15H26N2O2/c1-5-6-10(2)9-17-12(11-7-8-11)13(18)16-15(3,4)14(17)19/h10-12H,5-9H2,1-4H3,(H,16,18). The number of rotatable bonds is 5. The Bertz CT molecular complexity index is 374. The Morgan fingerprint density at radius 2 is 2.00 bits per heavy atom. The first-order valence-corrected chi connectivity index (χ1v) is 7.50. The number of carbonyl (C=O) groups excluding carboxylic acids is 2. The van der Waals surface area contributed by atoms with Crippen LogP contribution in [0.4, 0.5) is 0 Å². The van der Waals surface area contributed by atoms with E-state index in [-0.39, 0.29) is 17.9 Å². The predicted octanol–water partition coefficient (Wildman–Crippen LogP) is 1.94. The van der Waals surface area contributed by atoms with Crippen LogP contribution in [0.25, 0.3) is 0 Å². The molecule has 1 aliphatic carbocycles. The second-order valence-electron chi connectivity index (χ2n) is 6.75. The summed E-state index contributed by atoms with van der Waals surface area (Å²) in [5, 5.41) is 2.88. The third kappa shape index (κ3) is 2.93. The number of nitrogens with zero attached hydrogens (tertiary/aromatic N) is 1. The maximum Gasteiger partial charge on any atom is 0.248 e. The summed E-state index contributed by atoms with van der Waals surface area (Å²) in [6.07, 6.45) is 4.37. The van der Waals surface area contributed by atoms with Crippen molar-refractivity contribution < 1.29 is 9.59 Å². The fourth-order valence-corrected chi connectivity index (χ4v) is 3.06. The van der Waals surface area contributed by atoms with Crippen molar-refractivity contribution in [1.29, 1.82) is 0 Å². The molecule has 2 atom stereocenters. The molecule has 0 spiro atoms. The summed E-state index contributed by atoms with van der Waals surface area (Å²) in [5.41, 5.74) is -0.756. The van der Waals surface area contributed by atoms with E-state index in [1.165, 1.54) is 0 Å². The van der Waals surface area contributed by atoms with E-state index in [4.69, 9.17) is 0 Å². The summed E-state index contributed by atoms with van der Waals surface area (Å²) in [4.78, 5) is 26.7. The van der Waals surface area contributed by atoms with Crippen LogP contribution in [0, 0.1) is 11.8 Å². The monoisotopic (exact) mass is 266 g/mol. The van der Waals surface area contributed by atoms with Gasteiger partial charge in [0.1, 0.15) is 11.6 Å². The van der Waals surface area contributed by atoms with Crippen LogP contribution in [0.5, 0.6) is 0 Å². The van der Waals surface area contributed by atoms with Crippen LogP contribution >= 0.6 is 0 Å². The fraction of sp³-hybridized carbons (Fsp3) is 0.867. The van der Waals surface area contributed by atoms with E-state index in [9.17, 15) is 9.59 Å². The van der Waals surface area contributed by atoms with Gasteiger partial charge in [0.15, 0.2) is 0 Å². The van der Waals surface area contributed by atoms with Crippen LogP contribution in [0.15, 0.2) is 0 Å². The van der Waals surface area contributed by atoms with Crippen molar-refractivity contribution in [1.82, 2.24) is 10.2 Å². The second-order valence-corrected chi connectivity index (χ2v) is 6.75. The summed E-state index contributed by atoms with van der Waals surface area (Å²) < 4.78 is 0. The van der Waals surface area contributed by atoms with Gasteiger partial charge in [-0.15, -0.1) is 0 Å². The molecule has 2 unspecified atom stereocenters. The molecule has 4 heteroatoms. The molecule has 4 nitrogen and oxygen atoms in total. The van der Waals surface area contributed by atoms with Crippen molar-refractivity contribution >= 4 is 11.8 Å². The van der Waals surface area contributed by atoms with E-state index in [0.717, 1.165) is 25.7 Å². The number of piperazine rings is 1. The first kappa shape index (κ1) is 14.4. The van der Waals surface area contributed by atoms with Gasteiger partial charge >= 0.3 is 0 Å². The molecular formula is C15H26N2O2. The average molecular weight is 266 g/mol. The molecule has 2 amide bonds. The third-order valence-electron chi connectivity index (χ3n) is 4.19. The van der Waals surface area contributed by atoms with Gasteiger partial charge in [0.25, 0.3) is 0 Å². The molecule has 1 saturated heterocycles. The molecule has 0 radical (unpaired) electrons.